The predicted molar refractivity (Wildman–Crippen MR) is 101 cm³/mol. The van der Waals surface area contributed by atoms with Crippen LogP contribution in [-0.2, 0) is 24.2 Å². The number of ether oxygens (including phenoxy) is 2. The second-order valence-electron chi connectivity index (χ2n) is 5.58. The Bertz CT molecular complexity index is 731. The zero-order valence-electron chi connectivity index (χ0n) is 14.9. The maximum absolute atomic E-state index is 11.8. The van der Waals surface area contributed by atoms with Crippen molar-refractivity contribution < 1.29 is 14.3 Å². The molecule has 1 N–H and O–H groups in total. The molecule has 5 heteroatoms. The van der Waals surface area contributed by atoms with Crippen LogP contribution >= 0.6 is 11.6 Å². The zero-order chi connectivity index (χ0) is 18.2. The standard InChI is InChI=1S/C20H24ClNO3/c1-4-14-9-10-19(17(21)11-14)25-13-16-15(12-20(23)22-3)7-6-8-18(16)24-5-2/h6-11H,4-5,12-13H2,1-3H3,(H,22,23). The molecule has 2 rings (SSSR count). The summed E-state index contributed by atoms with van der Waals surface area (Å²) in [6.45, 7) is 4.84. The smallest absolute Gasteiger partial charge is 0.224 e. The molecule has 0 saturated heterocycles. The first-order valence-electron chi connectivity index (χ1n) is 8.44. The van der Waals surface area contributed by atoms with Gasteiger partial charge in [-0.15, -0.1) is 0 Å². The number of hydrogen-bond acceptors (Lipinski definition) is 3. The number of halogens is 1. The van der Waals surface area contributed by atoms with Gasteiger partial charge in [0.05, 0.1) is 18.1 Å². The number of aryl methyl sites for hydroxylation is 1. The largest absolute Gasteiger partial charge is 0.493 e. The van der Waals surface area contributed by atoms with E-state index in [9.17, 15) is 4.79 Å². The van der Waals surface area contributed by atoms with E-state index in [0.29, 0.717) is 17.4 Å². The second-order valence-corrected chi connectivity index (χ2v) is 5.99. The molecule has 2 aromatic rings. The summed E-state index contributed by atoms with van der Waals surface area (Å²) in [6, 6.07) is 11.5. The van der Waals surface area contributed by atoms with E-state index in [4.69, 9.17) is 21.1 Å². The van der Waals surface area contributed by atoms with E-state index in [1.807, 2.05) is 43.3 Å². The van der Waals surface area contributed by atoms with Crippen molar-refractivity contribution in [3.63, 3.8) is 0 Å². The number of likely N-dealkylation sites (N-methyl/N-ethyl adjacent to an activating group) is 1. The lowest BCUT2D eigenvalue weighted by Gasteiger charge is -2.16. The van der Waals surface area contributed by atoms with Gasteiger partial charge in [-0.05, 0) is 42.7 Å². The molecule has 0 heterocycles. The van der Waals surface area contributed by atoms with Crippen LogP contribution in [0.1, 0.15) is 30.5 Å². The SMILES string of the molecule is CCOc1cccc(CC(=O)NC)c1COc1ccc(CC)cc1Cl. The maximum atomic E-state index is 11.8. The fourth-order valence-corrected chi connectivity index (χ4v) is 2.78. The Morgan fingerprint density at radius 1 is 1.12 bits per heavy atom. The van der Waals surface area contributed by atoms with E-state index in [2.05, 4.69) is 12.2 Å². The molecule has 0 atom stereocenters. The van der Waals surface area contributed by atoms with Gasteiger partial charge in [0.25, 0.3) is 0 Å². The Hall–Kier alpha value is -2.20. The van der Waals surface area contributed by atoms with Crippen LogP contribution in [0.4, 0.5) is 0 Å². The molecule has 0 aliphatic heterocycles. The minimum Gasteiger partial charge on any atom is -0.493 e. The van der Waals surface area contributed by atoms with Crippen LogP contribution in [0.25, 0.3) is 0 Å². The highest BCUT2D eigenvalue weighted by atomic mass is 35.5. The average molecular weight is 362 g/mol. The van der Waals surface area contributed by atoms with E-state index < -0.39 is 0 Å². The molecule has 25 heavy (non-hydrogen) atoms. The summed E-state index contributed by atoms with van der Waals surface area (Å²) in [5, 5.41) is 3.23. The topological polar surface area (TPSA) is 47.6 Å². The fraction of sp³-hybridized carbons (Fsp3) is 0.350. The monoisotopic (exact) mass is 361 g/mol. The van der Waals surface area contributed by atoms with E-state index in [1.165, 1.54) is 0 Å². The third-order valence-electron chi connectivity index (χ3n) is 3.94. The first-order chi connectivity index (χ1) is 12.1. The van der Waals surface area contributed by atoms with Crippen molar-refractivity contribution in [3.05, 3.63) is 58.1 Å². The molecule has 0 fully saturated rings. The predicted octanol–water partition coefficient (Wildman–Crippen LogP) is 4.17. The van der Waals surface area contributed by atoms with Crippen LogP contribution in [-0.4, -0.2) is 19.6 Å². The van der Waals surface area contributed by atoms with Crippen LogP contribution in [0.15, 0.2) is 36.4 Å². The summed E-state index contributed by atoms with van der Waals surface area (Å²) in [5.74, 6) is 1.29. The molecule has 0 spiro atoms. The fourth-order valence-electron chi connectivity index (χ4n) is 2.52. The summed E-state index contributed by atoms with van der Waals surface area (Å²) in [6.07, 6.45) is 1.20. The van der Waals surface area contributed by atoms with E-state index in [1.54, 1.807) is 7.05 Å². The molecule has 0 aliphatic carbocycles. The Balaban J connectivity index is 2.25. The van der Waals surface area contributed by atoms with Gasteiger partial charge in [-0.25, -0.2) is 0 Å². The highest BCUT2D eigenvalue weighted by Crippen LogP contribution is 2.29. The lowest BCUT2D eigenvalue weighted by molar-refractivity contribution is -0.119. The van der Waals surface area contributed by atoms with Gasteiger partial charge >= 0.3 is 0 Å². The normalized spacial score (nSPS) is 10.4. The van der Waals surface area contributed by atoms with Gasteiger partial charge in [0.2, 0.25) is 5.91 Å². The zero-order valence-corrected chi connectivity index (χ0v) is 15.7. The van der Waals surface area contributed by atoms with Gasteiger partial charge in [-0.3, -0.25) is 4.79 Å². The Morgan fingerprint density at radius 3 is 2.56 bits per heavy atom. The van der Waals surface area contributed by atoms with E-state index in [-0.39, 0.29) is 18.9 Å². The third-order valence-corrected chi connectivity index (χ3v) is 4.23. The molecular formula is C20H24ClNO3. The molecule has 1 amide bonds. The van der Waals surface area contributed by atoms with Crippen LogP contribution in [0.5, 0.6) is 11.5 Å². The molecule has 0 unspecified atom stereocenters. The minimum absolute atomic E-state index is 0.0553. The molecule has 0 saturated carbocycles. The Labute approximate surface area is 154 Å². The summed E-state index contributed by atoms with van der Waals surface area (Å²) in [7, 11) is 1.62. The molecule has 0 bridgehead atoms. The molecule has 0 aliphatic rings. The van der Waals surface area contributed by atoms with Crippen molar-refractivity contribution in [1.82, 2.24) is 5.32 Å². The number of amides is 1. The summed E-state index contributed by atoms with van der Waals surface area (Å²) in [4.78, 5) is 11.8. The van der Waals surface area contributed by atoms with E-state index >= 15 is 0 Å². The average Bonchev–Trinajstić information content (AvgIpc) is 2.62. The van der Waals surface area contributed by atoms with Crippen molar-refractivity contribution in [2.24, 2.45) is 0 Å². The Morgan fingerprint density at radius 2 is 1.92 bits per heavy atom. The first kappa shape index (κ1) is 19.1. The van der Waals surface area contributed by atoms with Gasteiger partial charge in [0.15, 0.2) is 0 Å². The summed E-state index contributed by atoms with van der Waals surface area (Å²) in [5.41, 5.74) is 2.91. The van der Waals surface area contributed by atoms with Gasteiger partial charge in [-0.1, -0.05) is 36.7 Å². The first-order valence-corrected chi connectivity index (χ1v) is 8.82. The highest BCUT2D eigenvalue weighted by molar-refractivity contribution is 6.32. The molecule has 134 valence electrons. The van der Waals surface area contributed by atoms with E-state index in [0.717, 1.165) is 28.9 Å². The third kappa shape index (κ3) is 5.13. The van der Waals surface area contributed by atoms with Crippen LogP contribution < -0.4 is 14.8 Å². The number of carbonyl (C=O) groups is 1. The summed E-state index contributed by atoms with van der Waals surface area (Å²) >= 11 is 6.30. The molecule has 2 aromatic carbocycles. The van der Waals surface area contributed by atoms with Crippen molar-refractivity contribution in [3.8, 4) is 11.5 Å². The van der Waals surface area contributed by atoms with Crippen LogP contribution in [0.3, 0.4) is 0 Å². The van der Waals surface area contributed by atoms with Crippen molar-refractivity contribution in [2.75, 3.05) is 13.7 Å². The van der Waals surface area contributed by atoms with Gasteiger partial charge < -0.3 is 14.8 Å². The number of benzene rings is 2. The van der Waals surface area contributed by atoms with Crippen molar-refractivity contribution >= 4 is 17.5 Å². The quantitative estimate of drug-likeness (QED) is 0.767. The minimum atomic E-state index is -0.0553. The molecule has 0 radical (unpaired) electrons. The van der Waals surface area contributed by atoms with Gasteiger partial charge in [0.1, 0.15) is 18.1 Å². The van der Waals surface area contributed by atoms with Crippen LogP contribution in [0.2, 0.25) is 5.02 Å². The number of carbonyl (C=O) groups excluding carboxylic acids is 1. The van der Waals surface area contributed by atoms with Crippen molar-refractivity contribution in [1.29, 1.82) is 0 Å². The highest BCUT2D eigenvalue weighted by Gasteiger charge is 2.14. The van der Waals surface area contributed by atoms with Crippen LogP contribution in [0, 0.1) is 0 Å². The lowest BCUT2D eigenvalue weighted by Crippen LogP contribution is -2.21. The number of rotatable bonds is 8. The van der Waals surface area contributed by atoms with Gasteiger partial charge in [0, 0.05) is 12.6 Å². The number of nitrogens with one attached hydrogen (secondary N) is 1. The lowest BCUT2D eigenvalue weighted by atomic mass is 10.0. The molecule has 0 aromatic heterocycles. The van der Waals surface area contributed by atoms with Crippen molar-refractivity contribution in [2.45, 2.75) is 33.3 Å². The van der Waals surface area contributed by atoms with Gasteiger partial charge in [-0.2, -0.15) is 0 Å². The molecular weight excluding hydrogens is 338 g/mol. The Kier molecular flexibility index (Phi) is 7.14. The molecule has 4 nitrogen and oxygen atoms in total. The second kappa shape index (κ2) is 9.33. The summed E-state index contributed by atoms with van der Waals surface area (Å²) < 4.78 is 11.6. The number of hydrogen-bond donors (Lipinski definition) is 1. The maximum Gasteiger partial charge on any atom is 0.224 e.